The molecular formula is C13H17NO3S2. The molecule has 1 heterocycles. The minimum atomic E-state index is -0.941. The molecule has 2 N–H and O–H groups in total. The van der Waals surface area contributed by atoms with E-state index in [0.717, 1.165) is 4.88 Å². The lowest BCUT2D eigenvalue weighted by molar-refractivity contribution is 0.0954. The maximum absolute atomic E-state index is 11.8. The zero-order valence-corrected chi connectivity index (χ0v) is 12.6. The molecule has 0 aliphatic carbocycles. The summed E-state index contributed by atoms with van der Waals surface area (Å²) < 4.78 is 11.2. The molecule has 0 fully saturated rings. The molecule has 1 amide bonds. The third-order valence-electron chi connectivity index (χ3n) is 2.43. The first-order chi connectivity index (χ1) is 9.04. The van der Waals surface area contributed by atoms with Gasteiger partial charge < -0.3 is 10.4 Å². The lowest BCUT2D eigenvalue weighted by atomic mass is 10.3. The van der Waals surface area contributed by atoms with E-state index in [1.807, 2.05) is 6.92 Å². The van der Waals surface area contributed by atoms with Crippen LogP contribution in [0.4, 0.5) is 0 Å². The van der Waals surface area contributed by atoms with E-state index in [9.17, 15) is 9.00 Å². The largest absolute Gasteiger partial charge is 0.395 e. The number of aliphatic hydroxyl groups excluding tert-OH is 1. The summed E-state index contributed by atoms with van der Waals surface area (Å²) in [6.07, 6.45) is 2.05. The van der Waals surface area contributed by atoms with Crippen LogP contribution in [0.2, 0.25) is 0 Å². The van der Waals surface area contributed by atoms with Gasteiger partial charge in [0.2, 0.25) is 0 Å². The van der Waals surface area contributed by atoms with Crippen molar-refractivity contribution in [2.45, 2.75) is 18.6 Å². The summed E-state index contributed by atoms with van der Waals surface area (Å²) in [5, 5.41) is 13.0. The van der Waals surface area contributed by atoms with Gasteiger partial charge in [0, 0.05) is 40.7 Å². The van der Waals surface area contributed by atoms with Gasteiger partial charge in [-0.05, 0) is 13.0 Å². The van der Waals surface area contributed by atoms with Crippen molar-refractivity contribution >= 4 is 28.0 Å². The SMILES string of the molecule is CC(CNC(=O)c1csc(C#CCCO)c1)S(C)=O. The maximum atomic E-state index is 11.8. The Kier molecular flexibility index (Phi) is 6.78. The second kappa shape index (κ2) is 8.10. The number of amides is 1. The Morgan fingerprint density at radius 1 is 1.63 bits per heavy atom. The van der Waals surface area contributed by atoms with Crippen molar-refractivity contribution < 1.29 is 14.1 Å². The average molecular weight is 299 g/mol. The lowest BCUT2D eigenvalue weighted by Gasteiger charge is -2.08. The molecule has 0 saturated heterocycles. The molecule has 104 valence electrons. The molecule has 2 unspecified atom stereocenters. The van der Waals surface area contributed by atoms with Gasteiger partial charge in [0.25, 0.3) is 5.91 Å². The summed E-state index contributed by atoms with van der Waals surface area (Å²) in [6.45, 7) is 2.26. The van der Waals surface area contributed by atoms with Crippen LogP contribution in [0.3, 0.4) is 0 Å². The van der Waals surface area contributed by atoms with Crippen LogP contribution in [0, 0.1) is 11.8 Å². The Balaban J connectivity index is 2.54. The van der Waals surface area contributed by atoms with Gasteiger partial charge in [0.15, 0.2) is 0 Å². The van der Waals surface area contributed by atoms with Crippen molar-refractivity contribution in [2.24, 2.45) is 0 Å². The fourth-order valence-electron chi connectivity index (χ4n) is 1.18. The monoisotopic (exact) mass is 299 g/mol. The minimum absolute atomic E-state index is 0.0394. The smallest absolute Gasteiger partial charge is 0.252 e. The van der Waals surface area contributed by atoms with Crippen molar-refractivity contribution in [3.8, 4) is 11.8 Å². The number of nitrogens with one attached hydrogen (secondary N) is 1. The quantitative estimate of drug-likeness (QED) is 0.797. The molecule has 1 aromatic heterocycles. The Labute approximate surface area is 119 Å². The van der Waals surface area contributed by atoms with Crippen LogP contribution in [0.5, 0.6) is 0 Å². The third kappa shape index (κ3) is 5.55. The zero-order chi connectivity index (χ0) is 14.3. The van der Waals surface area contributed by atoms with Gasteiger partial charge in [0.05, 0.1) is 17.0 Å². The fourth-order valence-corrected chi connectivity index (χ4v) is 2.26. The predicted molar refractivity (Wildman–Crippen MR) is 78.8 cm³/mol. The van der Waals surface area contributed by atoms with Crippen molar-refractivity contribution in [3.63, 3.8) is 0 Å². The first-order valence-corrected chi connectivity index (χ1v) is 8.33. The van der Waals surface area contributed by atoms with Crippen LogP contribution in [-0.2, 0) is 10.8 Å². The molecule has 2 atom stereocenters. The Hall–Kier alpha value is -1.16. The Morgan fingerprint density at radius 3 is 3.00 bits per heavy atom. The molecule has 0 aromatic carbocycles. The van der Waals surface area contributed by atoms with Crippen LogP contribution in [0.25, 0.3) is 0 Å². The van der Waals surface area contributed by atoms with Gasteiger partial charge >= 0.3 is 0 Å². The summed E-state index contributed by atoms with van der Waals surface area (Å²) in [5.41, 5.74) is 0.562. The molecule has 1 aromatic rings. The highest BCUT2D eigenvalue weighted by Gasteiger charge is 2.11. The molecule has 1 rings (SSSR count). The van der Waals surface area contributed by atoms with E-state index in [1.54, 1.807) is 17.7 Å². The highest BCUT2D eigenvalue weighted by atomic mass is 32.2. The van der Waals surface area contributed by atoms with Crippen LogP contribution in [-0.4, -0.2) is 39.9 Å². The summed E-state index contributed by atoms with van der Waals surface area (Å²) in [7, 11) is -0.941. The summed E-state index contributed by atoms with van der Waals surface area (Å²) in [5.74, 6) is 5.51. The second-order valence-corrected chi connectivity index (χ2v) is 6.71. The lowest BCUT2D eigenvalue weighted by Crippen LogP contribution is -2.32. The fraction of sp³-hybridized carbons (Fsp3) is 0.462. The van der Waals surface area contributed by atoms with Gasteiger partial charge in [-0.15, -0.1) is 11.3 Å². The molecule has 0 aliphatic rings. The Bertz CT molecular complexity index is 513. The first kappa shape index (κ1) is 15.9. The molecule has 0 spiro atoms. The molecule has 0 saturated carbocycles. The number of hydrogen-bond acceptors (Lipinski definition) is 4. The van der Waals surface area contributed by atoms with Crippen molar-refractivity contribution in [1.82, 2.24) is 5.32 Å². The van der Waals surface area contributed by atoms with Crippen LogP contribution in [0.15, 0.2) is 11.4 Å². The van der Waals surface area contributed by atoms with E-state index in [0.29, 0.717) is 18.5 Å². The number of aliphatic hydroxyl groups is 1. The molecule has 0 bridgehead atoms. The minimum Gasteiger partial charge on any atom is -0.395 e. The predicted octanol–water partition coefficient (Wildman–Crippen LogP) is 0.979. The summed E-state index contributed by atoms with van der Waals surface area (Å²) >= 11 is 1.39. The van der Waals surface area contributed by atoms with E-state index < -0.39 is 10.8 Å². The number of carbonyl (C=O) groups excluding carboxylic acids is 1. The van der Waals surface area contributed by atoms with E-state index in [-0.39, 0.29) is 17.8 Å². The standard InChI is InChI=1S/C13H17NO3S2/c1-10(19(2)17)8-14-13(16)11-7-12(18-9-11)5-3-4-6-15/h7,9-10,15H,4,6,8H2,1-2H3,(H,14,16). The number of hydrogen-bond donors (Lipinski definition) is 2. The topological polar surface area (TPSA) is 66.4 Å². The van der Waals surface area contributed by atoms with Crippen LogP contribution in [0.1, 0.15) is 28.6 Å². The first-order valence-electron chi connectivity index (χ1n) is 5.83. The molecule has 19 heavy (non-hydrogen) atoms. The van der Waals surface area contributed by atoms with Gasteiger partial charge in [-0.3, -0.25) is 9.00 Å². The molecule has 0 radical (unpaired) electrons. The summed E-state index contributed by atoms with van der Waals surface area (Å²) in [6, 6.07) is 1.72. The van der Waals surface area contributed by atoms with Crippen LogP contribution < -0.4 is 5.32 Å². The normalized spacial score (nSPS) is 13.2. The maximum Gasteiger partial charge on any atom is 0.252 e. The molecule has 6 heteroatoms. The van der Waals surface area contributed by atoms with E-state index in [2.05, 4.69) is 17.2 Å². The number of rotatable bonds is 5. The summed E-state index contributed by atoms with van der Waals surface area (Å²) in [4.78, 5) is 12.6. The second-order valence-electron chi connectivity index (χ2n) is 3.99. The van der Waals surface area contributed by atoms with Crippen molar-refractivity contribution in [1.29, 1.82) is 0 Å². The van der Waals surface area contributed by atoms with Crippen molar-refractivity contribution in [3.05, 3.63) is 21.9 Å². The van der Waals surface area contributed by atoms with E-state index in [4.69, 9.17) is 5.11 Å². The zero-order valence-electron chi connectivity index (χ0n) is 10.9. The van der Waals surface area contributed by atoms with Crippen LogP contribution >= 0.6 is 11.3 Å². The molecule has 4 nitrogen and oxygen atoms in total. The highest BCUT2D eigenvalue weighted by molar-refractivity contribution is 7.84. The number of thiophene rings is 1. The van der Waals surface area contributed by atoms with Gasteiger partial charge in [0.1, 0.15) is 0 Å². The third-order valence-corrected chi connectivity index (χ3v) is 4.57. The molecule has 0 aliphatic heterocycles. The van der Waals surface area contributed by atoms with E-state index in [1.165, 1.54) is 11.3 Å². The van der Waals surface area contributed by atoms with Gasteiger partial charge in [-0.2, -0.15) is 0 Å². The Morgan fingerprint density at radius 2 is 2.37 bits per heavy atom. The average Bonchev–Trinajstić information content (AvgIpc) is 2.84. The van der Waals surface area contributed by atoms with Gasteiger partial charge in [-0.1, -0.05) is 11.8 Å². The molecular weight excluding hydrogens is 282 g/mol. The van der Waals surface area contributed by atoms with E-state index >= 15 is 0 Å². The highest BCUT2D eigenvalue weighted by Crippen LogP contribution is 2.13. The van der Waals surface area contributed by atoms with Crippen molar-refractivity contribution in [2.75, 3.05) is 19.4 Å². The number of carbonyl (C=O) groups is 1. The van der Waals surface area contributed by atoms with Gasteiger partial charge in [-0.25, -0.2) is 0 Å².